The molecule has 3 aromatic rings. The van der Waals surface area contributed by atoms with Crippen LogP contribution in [0, 0.1) is 10.1 Å². The summed E-state index contributed by atoms with van der Waals surface area (Å²) >= 11 is 0. The molecule has 0 amide bonds. The Bertz CT molecular complexity index is 940. The lowest BCUT2D eigenvalue weighted by atomic mass is 10.2. The van der Waals surface area contributed by atoms with E-state index in [4.69, 9.17) is 0 Å². The first-order chi connectivity index (χ1) is 12.1. The number of benzene rings is 2. The summed E-state index contributed by atoms with van der Waals surface area (Å²) in [4.78, 5) is 29.0. The Kier molecular flexibility index (Phi) is 4.89. The minimum absolute atomic E-state index is 0.137. The SMILES string of the molecule is O=c1[nH]cnc2cc(NCCCNc3ccccc3)c([N+](=O)[O-])cc12. The van der Waals surface area contributed by atoms with Crippen LogP contribution in [-0.2, 0) is 0 Å². The van der Waals surface area contributed by atoms with E-state index in [1.165, 1.54) is 18.5 Å². The largest absolute Gasteiger partial charge is 0.385 e. The van der Waals surface area contributed by atoms with E-state index in [9.17, 15) is 14.9 Å². The number of aromatic nitrogens is 2. The zero-order chi connectivity index (χ0) is 17.6. The Morgan fingerprint density at radius 1 is 1.12 bits per heavy atom. The second-order valence-corrected chi connectivity index (χ2v) is 5.45. The third kappa shape index (κ3) is 3.92. The first-order valence-corrected chi connectivity index (χ1v) is 7.84. The lowest BCUT2D eigenvalue weighted by Gasteiger charge is -2.09. The standard InChI is InChI=1S/C17H17N5O3/c23-17-13-9-16(22(24)25)15(10-14(13)20-11-21-17)19-8-4-7-18-12-5-2-1-3-6-12/h1-3,5-6,9-11,18-19H,4,7-8H2,(H,20,21,23). The van der Waals surface area contributed by atoms with Crippen LogP contribution in [0.25, 0.3) is 10.9 Å². The third-order valence-corrected chi connectivity index (χ3v) is 3.73. The molecule has 0 radical (unpaired) electrons. The van der Waals surface area contributed by atoms with Gasteiger partial charge in [0.1, 0.15) is 5.69 Å². The molecule has 1 aromatic heterocycles. The molecule has 1 heterocycles. The van der Waals surface area contributed by atoms with Crippen LogP contribution in [0.5, 0.6) is 0 Å². The predicted molar refractivity (Wildman–Crippen MR) is 97.1 cm³/mol. The number of nitrogens with one attached hydrogen (secondary N) is 3. The van der Waals surface area contributed by atoms with Crippen molar-refractivity contribution in [2.45, 2.75) is 6.42 Å². The van der Waals surface area contributed by atoms with Gasteiger partial charge in [-0.05, 0) is 24.6 Å². The van der Waals surface area contributed by atoms with Crippen LogP contribution in [0.4, 0.5) is 17.1 Å². The van der Waals surface area contributed by atoms with Crippen LogP contribution in [0.15, 0.2) is 53.6 Å². The molecule has 0 atom stereocenters. The quantitative estimate of drug-likeness (QED) is 0.346. The van der Waals surface area contributed by atoms with E-state index in [1.807, 2.05) is 30.3 Å². The van der Waals surface area contributed by atoms with Crippen molar-refractivity contribution in [1.82, 2.24) is 9.97 Å². The molecule has 0 aliphatic heterocycles. The molecule has 3 N–H and O–H groups in total. The molecule has 2 aromatic carbocycles. The number of nitro groups is 1. The van der Waals surface area contributed by atoms with E-state index in [0.29, 0.717) is 17.7 Å². The summed E-state index contributed by atoms with van der Waals surface area (Å²) in [5.41, 5.74) is 1.27. The molecule has 128 valence electrons. The number of H-pyrrole nitrogens is 1. The number of nitrogens with zero attached hydrogens (tertiary/aromatic N) is 2. The topological polar surface area (TPSA) is 113 Å². The van der Waals surface area contributed by atoms with Crippen LogP contribution in [0.1, 0.15) is 6.42 Å². The molecule has 0 bridgehead atoms. The van der Waals surface area contributed by atoms with Crippen LogP contribution in [-0.4, -0.2) is 28.0 Å². The van der Waals surface area contributed by atoms with E-state index in [-0.39, 0.29) is 11.1 Å². The van der Waals surface area contributed by atoms with Crippen molar-refractivity contribution in [3.05, 3.63) is 69.3 Å². The van der Waals surface area contributed by atoms with E-state index in [1.54, 1.807) is 0 Å². The normalized spacial score (nSPS) is 10.6. The van der Waals surface area contributed by atoms with Crippen molar-refractivity contribution >= 4 is 28.0 Å². The first kappa shape index (κ1) is 16.4. The number of nitro benzene ring substituents is 1. The second-order valence-electron chi connectivity index (χ2n) is 5.45. The van der Waals surface area contributed by atoms with Crippen molar-refractivity contribution < 1.29 is 4.92 Å². The Morgan fingerprint density at radius 2 is 1.88 bits per heavy atom. The van der Waals surface area contributed by atoms with E-state index >= 15 is 0 Å². The number of fused-ring (bicyclic) bond motifs is 1. The first-order valence-electron chi connectivity index (χ1n) is 7.84. The van der Waals surface area contributed by atoms with E-state index in [0.717, 1.165) is 18.7 Å². The molecule has 0 aliphatic rings. The molecular weight excluding hydrogens is 322 g/mol. The van der Waals surface area contributed by atoms with Gasteiger partial charge in [0.25, 0.3) is 11.2 Å². The maximum atomic E-state index is 11.8. The summed E-state index contributed by atoms with van der Waals surface area (Å²) < 4.78 is 0. The average molecular weight is 339 g/mol. The monoisotopic (exact) mass is 339 g/mol. The molecule has 25 heavy (non-hydrogen) atoms. The molecule has 3 rings (SSSR count). The Hall–Kier alpha value is -3.42. The number of hydrogen-bond acceptors (Lipinski definition) is 6. The molecule has 8 heteroatoms. The van der Waals surface area contributed by atoms with Gasteiger partial charge in [0.05, 0.1) is 22.2 Å². The smallest absolute Gasteiger partial charge is 0.293 e. The number of anilines is 2. The molecule has 0 saturated heterocycles. The van der Waals surface area contributed by atoms with Gasteiger partial charge in [0.15, 0.2) is 0 Å². The van der Waals surface area contributed by atoms with Gasteiger partial charge in [0, 0.05) is 24.8 Å². The van der Waals surface area contributed by atoms with Gasteiger partial charge in [-0.1, -0.05) is 18.2 Å². The zero-order valence-electron chi connectivity index (χ0n) is 13.4. The van der Waals surface area contributed by atoms with Gasteiger partial charge in [-0.2, -0.15) is 0 Å². The van der Waals surface area contributed by atoms with Gasteiger partial charge in [-0.15, -0.1) is 0 Å². The van der Waals surface area contributed by atoms with Gasteiger partial charge < -0.3 is 15.6 Å². The summed E-state index contributed by atoms with van der Waals surface area (Å²) in [6.45, 7) is 1.28. The van der Waals surface area contributed by atoms with Gasteiger partial charge >= 0.3 is 0 Å². The third-order valence-electron chi connectivity index (χ3n) is 3.73. The highest BCUT2D eigenvalue weighted by Gasteiger charge is 2.16. The van der Waals surface area contributed by atoms with Crippen LogP contribution >= 0.6 is 0 Å². The van der Waals surface area contributed by atoms with Gasteiger partial charge in [-0.3, -0.25) is 14.9 Å². The fraction of sp³-hybridized carbons (Fsp3) is 0.176. The fourth-order valence-corrected chi connectivity index (χ4v) is 2.50. The lowest BCUT2D eigenvalue weighted by molar-refractivity contribution is -0.383. The molecule has 0 fully saturated rings. The minimum atomic E-state index is -0.504. The van der Waals surface area contributed by atoms with Crippen LogP contribution < -0.4 is 16.2 Å². The van der Waals surface area contributed by atoms with Crippen molar-refractivity contribution in [3.63, 3.8) is 0 Å². The zero-order valence-corrected chi connectivity index (χ0v) is 13.4. The number of hydrogen-bond donors (Lipinski definition) is 3. The van der Waals surface area contributed by atoms with Crippen LogP contribution in [0.2, 0.25) is 0 Å². The minimum Gasteiger partial charge on any atom is -0.385 e. The number of aromatic amines is 1. The van der Waals surface area contributed by atoms with Crippen molar-refractivity contribution in [2.75, 3.05) is 23.7 Å². The lowest BCUT2D eigenvalue weighted by Crippen LogP contribution is -2.11. The highest BCUT2D eigenvalue weighted by Crippen LogP contribution is 2.27. The molecule has 0 aliphatic carbocycles. The highest BCUT2D eigenvalue weighted by atomic mass is 16.6. The van der Waals surface area contributed by atoms with Crippen molar-refractivity contribution in [3.8, 4) is 0 Å². The van der Waals surface area contributed by atoms with Gasteiger partial charge in [-0.25, -0.2) is 4.98 Å². The van der Waals surface area contributed by atoms with Crippen molar-refractivity contribution in [1.29, 1.82) is 0 Å². The molecule has 0 unspecified atom stereocenters. The molecule has 0 spiro atoms. The summed E-state index contributed by atoms with van der Waals surface area (Å²) in [7, 11) is 0. The van der Waals surface area contributed by atoms with Crippen LogP contribution in [0.3, 0.4) is 0 Å². The predicted octanol–water partition coefficient (Wildman–Crippen LogP) is 2.75. The Morgan fingerprint density at radius 3 is 2.64 bits per heavy atom. The maximum Gasteiger partial charge on any atom is 0.293 e. The highest BCUT2D eigenvalue weighted by molar-refractivity contribution is 5.86. The Balaban J connectivity index is 1.67. The van der Waals surface area contributed by atoms with E-state index < -0.39 is 10.5 Å². The second kappa shape index (κ2) is 7.43. The summed E-state index contributed by atoms with van der Waals surface area (Å²) in [6.07, 6.45) is 2.05. The molecular formula is C17H17N5O3. The Labute approximate surface area is 143 Å². The number of rotatable bonds is 7. The summed E-state index contributed by atoms with van der Waals surface area (Å²) in [5, 5.41) is 17.8. The fourth-order valence-electron chi connectivity index (χ4n) is 2.50. The number of para-hydroxylation sites is 1. The molecule has 8 nitrogen and oxygen atoms in total. The average Bonchev–Trinajstić information content (AvgIpc) is 2.62. The van der Waals surface area contributed by atoms with E-state index in [2.05, 4.69) is 20.6 Å². The summed E-state index contributed by atoms with van der Waals surface area (Å²) in [6, 6.07) is 12.6. The maximum absolute atomic E-state index is 11.8. The van der Waals surface area contributed by atoms with Crippen molar-refractivity contribution in [2.24, 2.45) is 0 Å². The molecule has 0 saturated carbocycles. The summed E-state index contributed by atoms with van der Waals surface area (Å²) in [5.74, 6) is 0. The van der Waals surface area contributed by atoms with Gasteiger partial charge in [0.2, 0.25) is 0 Å².